The van der Waals surface area contributed by atoms with Gasteiger partial charge in [0.05, 0.1) is 17.8 Å². The van der Waals surface area contributed by atoms with Crippen LogP contribution in [0.25, 0.3) is 16.7 Å². The van der Waals surface area contributed by atoms with Crippen LogP contribution in [0.3, 0.4) is 0 Å². The van der Waals surface area contributed by atoms with Gasteiger partial charge in [-0.15, -0.1) is 5.10 Å². The van der Waals surface area contributed by atoms with Crippen molar-refractivity contribution in [3.63, 3.8) is 0 Å². The first-order chi connectivity index (χ1) is 13.4. The molecule has 5 rings (SSSR count). The Hall–Kier alpha value is -2.86. The summed E-state index contributed by atoms with van der Waals surface area (Å²) in [7, 11) is -0.0565. The summed E-state index contributed by atoms with van der Waals surface area (Å²) < 4.78 is 32.2. The number of fused-ring (bicyclic) bond motifs is 3. The molecular weight excluding hydrogens is 382 g/mol. The minimum atomic E-state index is -3.58. The first-order valence-corrected chi connectivity index (χ1v) is 10.4. The molecule has 0 aromatic carbocycles. The highest BCUT2D eigenvalue weighted by Crippen LogP contribution is 2.29. The highest BCUT2D eigenvalue weighted by atomic mass is 32.2. The monoisotopic (exact) mass is 401 g/mol. The molecule has 0 bridgehead atoms. The van der Waals surface area contributed by atoms with Crippen molar-refractivity contribution in [3.8, 4) is 0 Å². The van der Waals surface area contributed by atoms with Crippen molar-refractivity contribution >= 4 is 26.7 Å². The second kappa shape index (κ2) is 6.07. The minimum Gasteiger partial charge on any atom is -0.274 e. The van der Waals surface area contributed by atoms with E-state index in [-0.39, 0.29) is 10.8 Å². The Bertz CT molecular complexity index is 1290. The number of hydrogen-bond donors (Lipinski definition) is 0. The standard InChI is InChI=1S/C16H19N9O2S/c1-22-9-12(6-18-22)28(26,27)24-5-3-4-11(8-24)14-20-16-13-7-19-23(2)15(13)17-10-25(16)21-14/h6-7,9-11H,3-5,8H2,1-2H3. The summed E-state index contributed by atoms with van der Waals surface area (Å²) in [4.78, 5) is 9.27. The smallest absolute Gasteiger partial charge is 0.246 e. The van der Waals surface area contributed by atoms with Crippen LogP contribution >= 0.6 is 0 Å². The Morgan fingerprint density at radius 1 is 1.14 bits per heavy atom. The quantitative estimate of drug-likeness (QED) is 0.485. The molecule has 0 spiro atoms. The first kappa shape index (κ1) is 17.3. The van der Waals surface area contributed by atoms with Crippen LogP contribution in [0.5, 0.6) is 0 Å². The lowest BCUT2D eigenvalue weighted by molar-refractivity contribution is 0.309. The van der Waals surface area contributed by atoms with Crippen molar-refractivity contribution < 1.29 is 8.42 Å². The highest BCUT2D eigenvalue weighted by molar-refractivity contribution is 7.89. The topological polar surface area (TPSA) is 116 Å². The van der Waals surface area contributed by atoms with Gasteiger partial charge in [-0.3, -0.25) is 9.36 Å². The average Bonchev–Trinajstić information content (AvgIpc) is 3.40. The molecule has 0 radical (unpaired) electrons. The summed E-state index contributed by atoms with van der Waals surface area (Å²) in [6.45, 7) is 0.827. The van der Waals surface area contributed by atoms with E-state index in [0.717, 1.165) is 23.9 Å². The van der Waals surface area contributed by atoms with Crippen molar-refractivity contribution in [1.29, 1.82) is 0 Å². The zero-order valence-corrected chi connectivity index (χ0v) is 16.3. The normalized spacial score (nSPS) is 19.0. The summed E-state index contributed by atoms with van der Waals surface area (Å²) in [6.07, 6.45) is 7.82. The van der Waals surface area contributed by atoms with Crippen LogP contribution in [-0.2, 0) is 24.1 Å². The third-order valence-electron chi connectivity index (χ3n) is 5.15. The summed E-state index contributed by atoms with van der Waals surface area (Å²) in [6, 6.07) is 0. The predicted octanol–water partition coefficient (Wildman–Crippen LogP) is 0.313. The highest BCUT2D eigenvalue weighted by Gasteiger charge is 2.33. The SMILES string of the molecule is Cn1cc(S(=O)(=O)N2CCCC(c3nc4c5cnn(C)c5ncn4n3)C2)cn1. The van der Waals surface area contributed by atoms with Crippen LogP contribution in [0.15, 0.2) is 29.8 Å². The number of aromatic nitrogens is 8. The van der Waals surface area contributed by atoms with Crippen molar-refractivity contribution in [1.82, 2.24) is 43.4 Å². The number of nitrogens with zero attached hydrogens (tertiary/aromatic N) is 9. The Labute approximate surface area is 160 Å². The maximum atomic E-state index is 12.9. The number of aryl methyl sites for hydroxylation is 2. The second-order valence-electron chi connectivity index (χ2n) is 7.04. The van der Waals surface area contributed by atoms with E-state index in [4.69, 9.17) is 4.98 Å². The van der Waals surface area contributed by atoms with E-state index in [9.17, 15) is 8.42 Å². The molecule has 146 valence electrons. The van der Waals surface area contributed by atoms with Gasteiger partial charge in [-0.1, -0.05) is 0 Å². The molecule has 12 heteroatoms. The number of rotatable bonds is 3. The van der Waals surface area contributed by atoms with E-state index in [2.05, 4.69) is 20.3 Å². The van der Waals surface area contributed by atoms with Crippen LogP contribution in [0.1, 0.15) is 24.6 Å². The second-order valence-corrected chi connectivity index (χ2v) is 8.98. The van der Waals surface area contributed by atoms with Crippen molar-refractivity contribution in [3.05, 3.63) is 30.7 Å². The summed E-state index contributed by atoms with van der Waals surface area (Å²) in [5.41, 5.74) is 1.41. The van der Waals surface area contributed by atoms with Gasteiger partial charge in [0.25, 0.3) is 0 Å². The fourth-order valence-corrected chi connectivity index (χ4v) is 5.19. The molecule has 0 amide bonds. The lowest BCUT2D eigenvalue weighted by atomic mass is 9.99. The molecule has 0 N–H and O–H groups in total. The summed E-state index contributed by atoms with van der Waals surface area (Å²) in [5.74, 6) is 0.552. The van der Waals surface area contributed by atoms with Crippen LogP contribution in [-0.4, -0.2) is 65.0 Å². The lowest BCUT2D eigenvalue weighted by Gasteiger charge is -2.30. The molecule has 1 unspecified atom stereocenters. The van der Waals surface area contributed by atoms with E-state index in [1.165, 1.54) is 21.4 Å². The van der Waals surface area contributed by atoms with Crippen molar-refractivity contribution in [2.24, 2.45) is 14.1 Å². The third-order valence-corrected chi connectivity index (χ3v) is 6.97. The molecule has 11 nitrogen and oxygen atoms in total. The van der Waals surface area contributed by atoms with Gasteiger partial charge < -0.3 is 0 Å². The van der Waals surface area contributed by atoms with E-state index in [0.29, 0.717) is 24.6 Å². The fourth-order valence-electron chi connectivity index (χ4n) is 3.68. The van der Waals surface area contributed by atoms with Crippen LogP contribution in [0.4, 0.5) is 0 Å². The molecular formula is C16H19N9O2S. The minimum absolute atomic E-state index is 0.0770. The predicted molar refractivity (Wildman–Crippen MR) is 99.0 cm³/mol. The summed E-state index contributed by atoms with van der Waals surface area (Å²) in [5, 5.41) is 13.6. The van der Waals surface area contributed by atoms with Gasteiger partial charge in [0, 0.05) is 39.3 Å². The summed E-state index contributed by atoms with van der Waals surface area (Å²) >= 11 is 0. The molecule has 1 atom stereocenters. The number of piperidine rings is 1. The molecule has 4 aromatic heterocycles. The van der Waals surface area contributed by atoms with Gasteiger partial charge in [0.2, 0.25) is 10.0 Å². The molecule has 5 heterocycles. The van der Waals surface area contributed by atoms with E-state index >= 15 is 0 Å². The van der Waals surface area contributed by atoms with Crippen molar-refractivity contribution in [2.75, 3.05) is 13.1 Å². The van der Waals surface area contributed by atoms with Gasteiger partial charge >= 0.3 is 0 Å². The Kier molecular flexibility index (Phi) is 3.74. The Morgan fingerprint density at radius 3 is 2.79 bits per heavy atom. The van der Waals surface area contributed by atoms with Crippen molar-refractivity contribution in [2.45, 2.75) is 23.7 Å². The van der Waals surface area contributed by atoms with Gasteiger partial charge in [-0.2, -0.15) is 14.5 Å². The first-order valence-electron chi connectivity index (χ1n) is 8.95. The van der Waals surface area contributed by atoms with Gasteiger partial charge in [-0.05, 0) is 12.8 Å². The average molecular weight is 401 g/mol. The van der Waals surface area contributed by atoms with Crippen LogP contribution in [0.2, 0.25) is 0 Å². The Balaban J connectivity index is 1.49. The molecule has 1 fully saturated rings. The Morgan fingerprint density at radius 2 is 2.00 bits per heavy atom. The van der Waals surface area contributed by atoms with E-state index in [1.54, 1.807) is 28.8 Å². The number of sulfonamides is 1. The third kappa shape index (κ3) is 2.59. The lowest BCUT2D eigenvalue weighted by Crippen LogP contribution is -2.39. The van der Waals surface area contributed by atoms with Crippen LogP contribution < -0.4 is 0 Å². The zero-order chi connectivity index (χ0) is 19.5. The molecule has 1 saturated heterocycles. The molecule has 28 heavy (non-hydrogen) atoms. The largest absolute Gasteiger partial charge is 0.274 e. The van der Waals surface area contributed by atoms with E-state index < -0.39 is 10.0 Å². The maximum Gasteiger partial charge on any atom is 0.246 e. The van der Waals surface area contributed by atoms with E-state index in [1.807, 2.05) is 7.05 Å². The molecule has 4 aromatic rings. The molecule has 0 saturated carbocycles. The molecule has 0 aliphatic carbocycles. The van der Waals surface area contributed by atoms with Gasteiger partial charge in [0.15, 0.2) is 17.1 Å². The van der Waals surface area contributed by atoms with Gasteiger partial charge in [-0.25, -0.2) is 22.9 Å². The molecule has 1 aliphatic rings. The fraction of sp³-hybridized carbons (Fsp3) is 0.438. The van der Waals surface area contributed by atoms with Gasteiger partial charge in [0.1, 0.15) is 11.2 Å². The van der Waals surface area contributed by atoms with Crippen LogP contribution in [0, 0.1) is 0 Å². The number of hydrogen-bond acceptors (Lipinski definition) is 7. The molecule has 1 aliphatic heterocycles. The maximum absolute atomic E-state index is 12.9. The zero-order valence-electron chi connectivity index (χ0n) is 15.5.